The number of carbonyl (C=O) groups excluding carboxylic acids is 3. The Morgan fingerprint density at radius 1 is 1.44 bits per heavy atom. The number of hydrogen-bond acceptors (Lipinski definition) is 5. The molecule has 0 saturated heterocycles. The molecule has 0 bridgehead atoms. The summed E-state index contributed by atoms with van der Waals surface area (Å²) < 4.78 is 4.78. The third kappa shape index (κ3) is 2.62. The van der Waals surface area contributed by atoms with Crippen LogP contribution in [0.1, 0.15) is 11.8 Å². The summed E-state index contributed by atoms with van der Waals surface area (Å²) in [5.74, 6) is -3.02. The Hall–Kier alpha value is -2.01. The molecule has 1 aromatic rings. The lowest BCUT2D eigenvalue weighted by atomic mass is 9.96. The predicted molar refractivity (Wildman–Crippen MR) is 66.7 cm³/mol. The molecule has 1 aliphatic rings. The molecule has 0 aliphatic carbocycles. The van der Waals surface area contributed by atoms with Gasteiger partial charge < -0.3 is 4.74 Å². The minimum Gasteiger partial charge on any atom is -0.430 e. The molecule has 0 spiro atoms. The van der Waals surface area contributed by atoms with Crippen molar-refractivity contribution in [2.45, 2.75) is 6.92 Å². The highest BCUT2D eigenvalue weighted by Crippen LogP contribution is 2.17. The van der Waals surface area contributed by atoms with Crippen LogP contribution in [0.3, 0.4) is 0 Å². The molecule has 18 heavy (non-hydrogen) atoms. The number of allylic oxidation sites excluding steroid dienone is 3. The average Bonchev–Trinajstić information content (AvgIpc) is 2.77. The molecule has 2 rings (SSSR count). The van der Waals surface area contributed by atoms with E-state index in [1.165, 1.54) is 30.4 Å². The van der Waals surface area contributed by atoms with Crippen molar-refractivity contribution in [2.24, 2.45) is 5.92 Å². The number of ether oxygens (including phenoxy) is 1. The number of cyclic esters (lactones) is 1. The summed E-state index contributed by atoms with van der Waals surface area (Å²) in [6.07, 6.45) is 3.99. The van der Waals surface area contributed by atoms with Gasteiger partial charge in [-0.3, -0.25) is 14.4 Å². The van der Waals surface area contributed by atoms with E-state index in [2.05, 4.69) is 0 Å². The first-order valence-electron chi connectivity index (χ1n) is 5.27. The van der Waals surface area contributed by atoms with E-state index in [0.29, 0.717) is 0 Å². The van der Waals surface area contributed by atoms with Crippen LogP contribution in [0.5, 0.6) is 0 Å². The Morgan fingerprint density at radius 2 is 2.22 bits per heavy atom. The van der Waals surface area contributed by atoms with E-state index in [1.54, 1.807) is 6.08 Å². The molecular formula is C13H10O4S. The molecule has 0 saturated carbocycles. The van der Waals surface area contributed by atoms with Crippen molar-refractivity contribution in [3.63, 3.8) is 0 Å². The zero-order chi connectivity index (χ0) is 13.1. The fraction of sp³-hybridized carbons (Fsp3) is 0.154. The van der Waals surface area contributed by atoms with Gasteiger partial charge in [0.25, 0.3) is 0 Å². The molecule has 0 radical (unpaired) electrons. The number of rotatable bonds is 3. The van der Waals surface area contributed by atoms with Gasteiger partial charge in [-0.1, -0.05) is 6.07 Å². The molecule has 0 N–H and O–H groups in total. The quantitative estimate of drug-likeness (QED) is 0.475. The molecule has 0 aromatic carbocycles. The van der Waals surface area contributed by atoms with Crippen LogP contribution in [0.25, 0.3) is 6.08 Å². The van der Waals surface area contributed by atoms with Crippen LogP contribution < -0.4 is 0 Å². The summed E-state index contributed by atoms with van der Waals surface area (Å²) in [4.78, 5) is 35.7. The molecule has 0 unspecified atom stereocenters. The Morgan fingerprint density at radius 3 is 2.83 bits per heavy atom. The summed E-state index contributed by atoms with van der Waals surface area (Å²) >= 11 is 1.46. The van der Waals surface area contributed by atoms with Crippen LogP contribution in [0.2, 0.25) is 0 Å². The van der Waals surface area contributed by atoms with Crippen molar-refractivity contribution < 1.29 is 19.1 Å². The topological polar surface area (TPSA) is 60.4 Å². The fourth-order valence-electron chi connectivity index (χ4n) is 1.55. The predicted octanol–water partition coefficient (Wildman–Crippen LogP) is 1.98. The van der Waals surface area contributed by atoms with Crippen LogP contribution >= 0.6 is 11.3 Å². The molecule has 92 valence electrons. The summed E-state index contributed by atoms with van der Waals surface area (Å²) in [6.45, 7) is 1.50. The van der Waals surface area contributed by atoms with Crippen molar-refractivity contribution >= 4 is 34.9 Å². The third-order valence-electron chi connectivity index (χ3n) is 2.37. The van der Waals surface area contributed by atoms with E-state index in [-0.39, 0.29) is 5.76 Å². The molecule has 1 aromatic heterocycles. The molecule has 2 heterocycles. The van der Waals surface area contributed by atoms with Gasteiger partial charge in [-0.25, -0.2) is 0 Å². The SMILES string of the molecule is CC1=CC(=O)[C@H](C(=O)/C=C/c2cccs2)C(=O)O1. The fourth-order valence-corrected chi connectivity index (χ4v) is 2.17. The Kier molecular flexibility index (Phi) is 3.53. The number of thiophene rings is 1. The van der Waals surface area contributed by atoms with E-state index < -0.39 is 23.5 Å². The van der Waals surface area contributed by atoms with E-state index in [4.69, 9.17) is 4.74 Å². The standard InChI is InChI=1S/C13H10O4S/c1-8-7-11(15)12(13(16)17-8)10(14)5-4-9-3-2-6-18-9/h2-7,12H,1H3/b5-4+/t12-/m0/s1. The van der Waals surface area contributed by atoms with E-state index in [1.807, 2.05) is 17.5 Å². The summed E-state index contributed by atoms with van der Waals surface area (Å²) in [7, 11) is 0. The van der Waals surface area contributed by atoms with Crippen LogP contribution in [0, 0.1) is 5.92 Å². The lowest BCUT2D eigenvalue weighted by molar-refractivity contribution is -0.151. The Bertz CT molecular complexity index is 552. The second-order valence-corrected chi connectivity index (χ2v) is 4.74. The second-order valence-electron chi connectivity index (χ2n) is 3.76. The molecule has 1 aliphatic heterocycles. The van der Waals surface area contributed by atoms with Crippen LogP contribution in [-0.4, -0.2) is 17.5 Å². The van der Waals surface area contributed by atoms with Crippen molar-refractivity contribution in [3.05, 3.63) is 40.3 Å². The smallest absolute Gasteiger partial charge is 0.329 e. The lowest BCUT2D eigenvalue weighted by Crippen LogP contribution is -2.34. The van der Waals surface area contributed by atoms with Gasteiger partial charge in [0.05, 0.1) is 0 Å². The molecule has 5 heteroatoms. The number of hydrogen-bond donors (Lipinski definition) is 0. The summed E-state index contributed by atoms with van der Waals surface area (Å²) in [5.41, 5.74) is 0. The maximum absolute atomic E-state index is 11.8. The highest BCUT2D eigenvalue weighted by molar-refractivity contribution is 7.10. The highest BCUT2D eigenvalue weighted by atomic mass is 32.1. The Labute approximate surface area is 108 Å². The van der Waals surface area contributed by atoms with Crippen LogP contribution in [-0.2, 0) is 19.1 Å². The largest absolute Gasteiger partial charge is 0.430 e. The average molecular weight is 262 g/mol. The first kappa shape index (κ1) is 12.4. The molecule has 0 fully saturated rings. The zero-order valence-corrected chi connectivity index (χ0v) is 10.4. The van der Waals surface area contributed by atoms with Crippen molar-refractivity contribution in [1.29, 1.82) is 0 Å². The number of carbonyl (C=O) groups is 3. The molecule has 1 atom stereocenters. The van der Waals surface area contributed by atoms with Crippen LogP contribution in [0.4, 0.5) is 0 Å². The number of ketones is 2. The Balaban J connectivity index is 2.14. The van der Waals surface area contributed by atoms with Gasteiger partial charge in [0, 0.05) is 11.0 Å². The monoisotopic (exact) mass is 262 g/mol. The summed E-state index contributed by atoms with van der Waals surface area (Å²) in [5, 5.41) is 1.87. The molecular weight excluding hydrogens is 252 g/mol. The van der Waals surface area contributed by atoms with Gasteiger partial charge in [-0.15, -0.1) is 11.3 Å². The van der Waals surface area contributed by atoms with Crippen molar-refractivity contribution in [1.82, 2.24) is 0 Å². The van der Waals surface area contributed by atoms with Gasteiger partial charge in [-0.2, -0.15) is 0 Å². The third-order valence-corrected chi connectivity index (χ3v) is 3.20. The maximum atomic E-state index is 11.8. The molecule has 4 nitrogen and oxygen atoms in total. The first-order valence-corrected chi connectivity index (χ1v) is 6.15. The minimum absolute atomic E-state index is 0.219. The minimum atomic E-state index is -1.36. The van der Waals surface area contributed by atoms with Gasteiger partial charge >= 0.3 is 5.97 Å². The van der Waals surface area contributed by atoms with Crippen LogP contribution in [0.15, 0.2) is 35.4 Å². The van der Waals surface area contributed by atoms with Crippen molar-refractivity contribution in [3.8, 4) is 0 Å². The first-order chi connectivity index (χ1) is 8.58. The van der Waals surface area contributed by atoms with Gasteiger partial charge in [0.15, 0.2) is 17.5 Å². The lowest BCUT2D eigenvalue weighted by Gasteiger charge is -2.15. The van der Waals surface area contributed by atoms with Gasteiger partial charge in [0.1, 0.15) is 5.76 Å². The molecule has 0 amide bonds. The maximum Gasteiger partial charge on any atom is 0.329 e. The van der Waals surface area contributed by atoms with Gasteiger partial charge in [0.2, 0.25) is 0 Å². The normalized spacial score (nSPS) is 19.8. The van der Waals surface area contributed by atoms with E-state index >= 15 is 0 Å². The zero-order valence-electron chi connectivity index (χ0n) is 9.58. The summed E-state index contributed by atoms with van der Waals surface area (Å²) in [6, 6.07) is 3.68. The second kappa shape index (κ2) is 5.10. The van der Waals surface area contributed by atoms with E-state index in [9.17, 15) is 14.4 Å². The highest BCUT2D eigenvalue weighted by Gasteiger charge is 2.36. The number of esters is 1. The van der Waals surface area contributed by atoms with Gasteiger partial charge in [-0.05, 0) is 30.5 Å². The van der Waals surface area contributed by atoms with E-state index in [0.717, 1.165) is 4.88 Å². The van der Waals surface area contributed by atoms with Crippen molar-refractivity contribution in [2.75, 3.05) is 0 Å².